The molecule has 1 N–H and O–H groups in total. The van der Waals surface area contributed by atoms with Gasteiger partial charge in [0.25, 0.3) is 5.91 Å². The Morgan fingerprint density at radius 2 is 1.79 bits per heavy atom. The first kappa shape index (κ1) is 16.5. The smallest absolute Gasteiger partial charge is 0.252 e. The molecule has 0 aliphatic carbocycles. The van der Waals surface area contributed by atoms with E-state index in [1.165, 1.54) is 0 Å². The maximum atomic E-state index is 13.2. The van der Waals surface area contributed by atoms with Gasteiger partial charge in [-0.3, -0.25) is 4.79 Å². The standard InChI is InChI=1S/C17H14ClF2NO3/c18-12-9-14(20)13(19)8-11(12)17(22)21-4-3-10-1-2-15-16(7-10)24-6-5-23-15/h1-2,7-9H,3-6H2,(H,21,22). The van der Waals surface area contributed by atoms with Crippen LogP contribution in [-0.4, -0.2) is 25.7 Å². The summed E-state index contributed by atoms with van der Waals surface area (Å²) in [5, 5.41) is 2.50. The van der Waals surface area contributed by atoms with Crippen LogP contribution in [0.3, 0.4) is 0 Å². The van der Waals surface area contributed by atoms with Crippen LogP contribution in [0.25, 0.3) is 0 Å². The molecule has 0 atom stereocenters. The second-order valence-electron chi connectivity index (χ2n) is 5.23. The number of carbonyl (C=O) groups excluding carboxylic acids is 1. The van der Waals surface area contributed by atoms with Crippen LogP contribution in [0, 0.1) is 11.6 Å². The van der Waals surface area contributed by atoms with E-state index in [0.29, 0.717) is 37.7 Å². The molecule has 0 spiro atoms. The Bertz CT molecular complexity index is 783. The first-order valence-corrected chi connectivity index (χ1v) is 7.73. The van der Waals surface area contributed by atoms with Gasteiger partial charge in [0, 0.05) is 6.54 Å². The van der Waals surface area contributed by atoms with Gasteiger partial charge in [-0.05, 0) is 36.2 Å². The second-order valence-corrected chi connectivity index (χ2v) is 5.64. The van der Waals surface area contributed by atoms with Gasteiger partial charge in [0.1, 0.15) is 13.2 Å². The minimum absolute atomic E-state index is 0.0993. The topological polar surface area (TPSA) is 47.6 Å². The molecule has 2 aromatic rings. The number of hydrogen-bond donors (Lipinski definition) is 1. The van der Waals surface area contributed by atoms with Crippen LogP contribution >= 0.6 is 11.6 Å². The first-order chi connectivity index (χ1) is 11.5. The minimum atomic E-state index is -1.11. The van der Waals surface area contributed by atoms with E-state index in [1.54, 1.807) is 0 Å². The monoisotopic (exact) mass is 353 g/mol. The van der Waals surface area contributed by atoms with E-state index in [1.807, 2.05) is 18.2 Å². The van der Waals surface area contributed by atoms with Crippen LogP contribution in [-0.2, 0) is 6.42 Å². The molecule has 2 aromatic carbocycles. The summed E-state index contributed by atoms with van der Waals surface area (Å²) in [6.07, 6.45) is 0.545. The van der Waals surface area contributed by atoms with Crippen molar-refractivity contribution in [2.45, 2.75) is 6.42 Å². The lowest BCUT2D eigenvalue weighted by Crippen LogP contribution is -2.26. The molecule has 24 heavy (non-hydrogen) atoms. The van der Waals surface area contributed by atoms with Gasteiger partial charge >= 0.3 is 0 Å². The third-order valence-electron chi connectivity index (χ3n) is 3.56. The highest BCUT2D eigenvalue weighted by atomic mass is 35.5. The molecule has 0 bridgehead atoms. The van der Waals surface area contributed by atoms with Crippen molar-refractivity contribution in [3.05, 3.63) is 58.1 Å². The zero-order chi connectivity index (χ0) is 17.1. The molecule has 0 fully saturated rings. The fourth-order valence-electron chi connectivity index (χ4n) is 2.36. The average Bonchev–Trinajstić information content (AvgIpc) is 2.58. The second kappa shape index (κ2) is 7.05. The molecule has 3 rings (SSSR count). The van der Waals surface area contributed by atoms with Gasteiger partial charge in [-0.15, -0.1) is 0 Å². The number of amides is 1. The largest absolute Gasteiger partial charge is 0.486 e. The van der Waals surface area contributed by atoms with Crippen molar-refractivity contribution in [3.63, 3.8) is 0 Å². The zero-order valence-electron chi connectivity index (χ0n) is 12.6. The number of hydrogen-bond acceptors (Lipinski definition) is 3. The third-order valence-corrected chi connectivity index (χ3v) is 3.87. The fourth-order valence-corrected chi connectivity index (χ4v) is 2.59. The lowest BCUT2D eigenvalue weighted by atomic mass is 10.1. The summed E-state index contributed by atoms with van der Waals surface area (Å²) in [5.74, 6) is -1.39. The Kier molecular flexibility index (Phi) is 4.85. The quantitative estimate of drug-likeness (QED) is 0.857. The number of halogens is 3. The summed E-state index contributed by atoms with van der Waals surface area (Å²) in [6, 6.07) is 7.12. The highest BCUT2D eigenvalue weighted by molar-refractivity contribution is 6.33. The number of nitrogens with one attached hydrogen (secondary N) is 1. The third kappa shape index (κ3) is 3.59. The van der Waals surface area contributed by atoms with Gasteiger partial charge in [0.05, 0.1) is 10.6 Å². The number of carbonyl (C=O) groups is 1. The molecule has 1 heterocycles. The molecule has 126 valence electrons. The molecule has 0 unspecified atom stereocenters. The van der Waals surface area contributed by atoms with Crippen molar-refractivity contribution in [1.82, 2.24) is 5.32 Å². The van der Waals surface area contributed by atoms with Crippen LogP contribution in [0.4, 0.5) is 8.78 Å². The number of benzene rings is 2. The van der Waals surface area contributed by atoms with E-state index < -0.39 is 17.5 Å². The Hall–Kier alpha value is -2.34. The van der Waals surface area contributed by atoms with Gasteiger partial charge in [-0.1, -0.05) is 17.7 Å². The van der Waals surface area contributed by atoms with Gasteiger partial charge in [0.2, 0.25) is 0 Å². The van der Waals surface area contributed by atoms with Gasteiger partial charge in [-0.2, -0.15) is 0 Å². The summed E-state index contributed by atoms with van der Waals surface area (Å²) in [7, 11) is 0. The van der Waals surface area contributed by atoms with Gasteiger partial charge in [0.15, 0.2) is 23.1 Å². The van der Waals surface area contributed by atoms with Crippen molar-refractivity contribution in [2.75, 3.05) is 19.8 Å². The summed E-state index contributed by atoms with van der Waals surface area (Å²) in [5.41, 5.74) is 0.855. The molecular formula is C17H14ClF2NO3. The van der Waals surface area contributed by atoms with E-state index >= 15 is 0 Å². The minimum Gasteiger partial charge on any atom is -0.486 e. The van der Waals surface area contributed by atoms with E-state index in [-0.39, 0.29) is 10.6 Å². The van der Waals surface area contributed by atoms with Crippen LogP contribution in [0.15, 0.2) is 30.3 Å². The van der Waals surface area contributed by atoms with Crippen LogP contribution in [0.5, 0.6) is 11.5 Å². The first-order valence-electron chi connectivity index (χ1n) is 7.36. The zero-order valence-corrected chi connectivity index (χ0v) is 13.3. The van der Waals surface area contributed by atoms with E-state index in [0.717, 1.165) is 17.7 Å². The Balaban J connectivity index is 1.60. The summed E-state index contributed by atoms with van der Waals surface area (Å²) in [4.78, 5) is 12.0. The Labute approximate surface area is 142 Å². The molecule has 7 heteroatoms. The molecule has 0 saturated carbocycles. The molecule has 1 amide bonds. The van der Waals surface area contributed by atoms with Crippen molar-refractivity contribution in [2.24, 2.45) is 0 Å². The predicted octanol–water partition coefficient (Wildman–Crippen LogP) is 3.36. The molecular weight excluding hydrogens is 340 g/mol. The summed E-state index contributed by atoms with van der Waals surface area (Å²) < 4.78 is 37.2. The van der Waals surface area contributed by atoms with Crippen molar-refractivity contribution < 1.29 is 23.0 Å². The SMILES string of the molecule is O=C(NCCc1ccc2c(c1)OCCO2)c1cc(F)c(F)cc1Cl. The number of fused-ring (bicyclic) bond motifs is 1. The lowest BCUT2D eigenvalue weighted by Gasteiger charge is -2.18. The highest BCUT2D eigenvalue weighted by Gasteiger charge is 2.15. The maximum absolute atomic E-state index is 13.2. The number of rotatable bonds is 4. The Morgan fingerprint density at radius 1 is 1.08 bits per heavy atom. The van der Waals surface area contributed by atoms with E-state index in [9.17, 15) is 13.6 Å². The number of ether oxygens (including phenoxy) is 2. The average molecular weight is 354 g/mol. The van der Waals surface area contributed by atoms with Crippen LogP contribution < -0.4 is 14.8 Å². The van der Waals surface area contributed by atoms with E-state index in [2.05, 4.69) is 5.32 Å². The fraction of sp³-hybridized carbons (Fsp3) is 0.235. The van der Waals surface area contributed by atoms with Crippen molar-refractivity contribution >= 4 is 17.5 Å². The lowest BCUT2D eigenvalue weighted by molar-refractivity contribution is 0.0953. The molecule has 0 radical (unpaired) electrons. The predicted molar refractivity (Wildman–Crippen MR) is 84.8 cm³/mol. The normalized spacial score (nSPS) is 12.8. The van der Waals surface area contributed by atoms with Crippen LogP contribution in [0.2, 0.25) is 5.02 Å². The maximum Gasteiger partial charge on any atom is 0.252 e. The van der Waals surface area contributed by atoms with Crippen molar-refractivity contribution in [3.8, 4) is 11.5 Å². The molecule has 1 aliphatic rings. The summed E-state index contributed by atoms with van der Waals surface area (Å²) in [6.45, 7) is 1.34. The molecule has 1 aliphatic heterocycles. The van der Waals surface area contributed by atoms with Crippen LogP contribution in [0.1, 0.15) is 15.9 Å². The highest BCUT2D eigenvalue weighted by Crippen LogP contribution is 2.30. The van der Waals surface area contributed by atoms with Gasteiger partial charge in [-0.25, -0.2) is 8.78 Å². The van der Waals surface area contributed by atoms with Crippen molar-refractivity contribution in [1.29, 1.82) is 0 Å². The molecule has 4 nitrogen and oxygen atoms in total. The molecule has 0 saturated heterocycles. The van der Waals surface area contributed by atoms with Gasteiger partial charge < -0.3 is 14.8 Å². The Morgan fingerprint density at radius 3 is 2.58 bits per heavy atom. The summed E-state index contributed by atoms with van der Waals surface area (Å²) >= 11 is 5.77. The molecule has 0 aromatic heterocycles. The van der Waals surface area contributed by atoms with E-state index in [4.69, 9.17) is 21.1 Å².